The molecule has 0 amide bonds. The highest BCUT2D eigenvalue weighted by Crippen LogP contribution is 2.49. The lowest BCUT2D eigenvalue weighted by Gasteiger charge is -2.14. The van der Waals surface area contributed by atoms with Gasteiger partial charge in [-0.15, -0.1) is 0 Å². The van der Waals surface area contributed by atoms with Gasteiger partial charge in [0.1, 0.15) is 11.3 Å². The minimum atomic E-state index is -1.05. The Hall–Kier alpha value is -4.40. The summed E-state index contributed by atoms with van der Waals surface area (Å²) >= 11 is 0. The molecule has 1 aliphatic carbocycles. The van der Waals surface area contributed by atoms with Crippen molar-refractivity contribution in [3.63, 3.8) is 0 Å². The number of nitrogens with zero attached hydrogens (tertiary/aromatic N) is 2. The summed E-state index contributed by atoms with van der Waals surface area (Å²) in [5.41, 5.74) is 0.867. The molecule has 5 rings (SSSR count). The smallest absolute Gasteiger partial charge is 0.257 e. The maximum absolute atomic E-state index is 15.0. The van der Waals surface area contributed by atoms with Crippen LogP contribution in [0.15, 0.2) is 60.8 Å². The van der Waals surface area contributed by atoms with Crippen LogP contribution in [0.1, 0.15) is 24.0 Å². The molecule has 1 aliphatic rings. The molecule has 0 saturated heterocycles. The molecule has 0 radical (unpaired) electrons. The molecule has 0 aliphatic heterocycles. The van der Waals surface area contributed by atoms with Gasteiger partial charge in [0.15, 0.2) is 34.6 Å². The summed E-state index contributed by atoms with van der Waals surface area (Å²) in [4.78, 5) is 34.6. The fourth-order valence-electron chi connectivity index (χ4n) is 4.39. The normalized spacial score (nSPS) is 13.7. The van der Waals surface area contributed by atoms with E-state index in [1.807, 2.05) is 0 Å². The minimum Gasteiger partial charge on any atom is -0.491 e. The highest BCUT2D eigenvalue weighted by Gasteiger charge is 2.54. The SMILES string of the molecule is COc1cc2nccc(Oc3ccc(CC(=O)C4(C(=O)Cc5ccc(F)cc5)CC4)cc3F)c2nc1OC. The van der Waals surface area contributed by atoms with Gasteiger partial charge in [0.05, 0.1) is 25.2 Å². The summed E-state index contributed by atoms with van der Waals surface area (Å²) in [5.74, 6) is -0.656. The molecule has 2 heterocycles. The number of benzene rings is 2. The number of Topliss-reactive ketones (excluding diaryl/α,β-unsaturated/α-hetero) is 2. The van der Waals surface area contributed by atoms with Crippen molar-refractivity contribution in [2.24, 2.45) is 5.41 Å². The van der Waals surface area contributed by atoms with Crippen LogP contribution in [-0.4, -0.2) is 35.8 Å². The summed E-state index contributed by atoms with van der Waals surface area (Å²) in [6, 6.07) is 13.1. The Balaban J connectivity index is 1.31. The van der Waals surface area contributed by atoms with Crippen molar-refractivity contribution >= 4 is 22.6 Å². The molecule has 194 valence electrons. The van der Waals surface area contributed by atoms with E-state index < -0.39 is 11.2 Å². The van der Waals surface area contributed by atoms with Crippen LogP contribution < -0.4 is 14.2 Å². The summed E-state index contributed by atoms with van der Waals surface area (Å²) in [6.07, 6.45) is 2.41. The van der Waals surface area contributed by atoms with Gasteiger partial charge in [-0.05, 0) is 48.2 Å². The number of methoxy groups -OCH3 is 2. The Morgan fingerprint density at radius 3 is 2.16 bits per heavy atom. The second kappa shape index (κ2) is 10.2. The highest BCUT2D eigenvalue weighted by molar-refractivity contribution is 6.10. The lowest BCUT2D eigenvalue weighted by atomic mass is 9.88. The molecule has 4 aromatic rings. The first-order chi connectivity index (χ1) is 18.3. The molecule has 9 heteroatoms. The predicted octanol–water partition coefficient (Wildman–Crippen LogP) is 5.42. The van der Waals surface area contributed by atoms with Gasteiger partial charge in [-0.3, -0.25) is 14.6 Å². The van der Waals surface area contributed by atoms with Crippen molar-refractivity contribution in [2.75, 3.05) is 14.2 Å². The average molecular weight is 519 g/mol. The van der Waals surface area contributed by atoms with Crippen molar-refractivity contribution in [1.82, 2.24) is 9.97 Å². The van der Waals surface area contributed by atoms with E-state index >= 15 is 4.39 Å². The number of hydrogen-bond donors (Lipinski definition) is 0. The van der Waals surface area contributed by atoms with E-state index in [4.69, 9.17) is 14.2 Å². The Morgan fingerprint density at radius 1 is 0.842 bits per heavy atom. The van der Waals surface area contributed by atoms with Gasteiger partial charge >= 0.3 is 0 Å². The topological polar surface area (TPSA) is 87.6 Å². The number of rotatable bonds is 10. The first kappa shape index (κ1) is 25.3. The number of ketones is 2. The zero-order chi connectivity index (χ0) is 26.9. The molecular formula is C29H24F2N2O5. The van der Waals surface area contributed by atoms with Gasteiger partial charge < -0.3 is 14.2 Å². The fraction of sp³-hybridized carbons (Fsp3) is 0.241. The van der Waals surface area contributed by atoms with E-state index in [0.29, 0.717) is 40.8 Å². The van der Waals surface area contributed by atoms with Crippen LogP contribution in [0, 0.1) is 17.0 Å². The number of halogens is 2. The molecule has 0 N–H and O–H groups in total. The van der Waals surface area contributed by atoms with Crippen LogP contribution in [0.25, 0.3) is 11.0 Å². The van der Waals surface area contributed by atoms with Gasteiger partial charge in [0, 0.05) is 31.2 Å². The monoisotopic (exact) mass is 518 g/mol. The van der Waals surface area contributed by atoms with Gasteiger partial charge in [-0.25, -0.2) is 13.8 Å². The van der Waals surface area contributed by atoms with Crippen molar-refractivity contribution in [2.45, 2.75) is 25.7 Å². The molecule has 2 aromatic carbocycles. The molecule has 2 aromatic heterocycles. The molecular weight excluding hydrogens is 494 g/mol. The number of pyridine rings is 2. The predicted molar refractivity (Wildman–Crippen MR) is 135 cm³/mol. The summed E-state index contributed by atoms with van der Waals surface area (Å²) < 4.78 is 44.5. The second-order valence-electron chi connectivity index (χ2n) is 9.15. The van der Waals surface area contributed by atoms with Crippen molar-refractivity contribution in [3.05, 3.63) is 83.6 Å². The van der Waals surface area contributed by atoms with Crippen LogP contribution in [0.4, 0.5) is 8.78 Å². The number of carbonyl (C=O) groups is 2. The van der Waals surface area contributed by atoms with Crippen molar-refractivity contribution in [3.8, 4) is 23.1 Å². The average Bonchev–Trinajstić information content (AvgIpc) is 3.73. The molecule has 0 bridgehead atoms. The Bertz CT molecular complexity index is 1530. The van der Waals surface area contributed by atoms with Crippen LogP contribution in [0.2, 0.25) is 0 Å². The van der Waals surface area contributed by atoms with Crippen LogP contribution in [0.3, 0.4) is 0 Å². The van der Waals surface area contributed by atoms with E-state index in [9.17, 15) is 14.0 Å². The molecule has 0 unspecified atom stereocenters. The molecule has 1 fully saturated rings. The highest BCUT2D eigenvalue weighted by atomic mass is 19.1. The fourth-order valence-corrected chi connectivity index (χ4v) is 4.39. The summed E-state index contributed by atoms with van der Waals surface area (Å²) in [7, 11) is 2.94. The number of aromatic nitrogens is 2. The lowest BCUT2D eigenvalue weighted by Crippen LogP contribution is -2.28. The van der Waals surface area contributed by atoms with Gasteiger partial charge in [-0.2, -0.15) is 0 Å². The molecule has 38 heavy (non-hydrogen) atoms. The molecule has 0 spiro atoms. The lowest BCUT2D eigenvalue weighted by molar-refractivity contribution is -0.133. The third-order valence-corrected chi connectivity index (χ3v) is 6.70. The summed E-state index contributed by atoms with van der Waals surface area (Å²) in [6.45, 7) is 0. The first-order valence-electron chi connectivity index (χ1n) is 12.0. The minimum absolute atomic E-state index is 0.0533. The summed E-state index contributed by atoms with van der Waals surface area (Å²) in [5, 5.41) is 0. The molecule has 1 saturated carbocycles. The quantitative estimate of drug-likeness (QED) is 0.259. The zero-order valence-corrected chi connectivity index (χ0v) is 20.8. The third-order valence-electron chi connectivity index (χ3n) is 6.70. The van der Waals surface area contributed by atoms with Crippen LogP contribution in [-0.2, 0) is 22.4 Å². The number of ether oxygens (including phenoxy) is 3. The van der Waals surface area contributed by atoms with Crippen LogP contribution >= 0.6 is 0 Å². The largest absolute Gasteiger partial charge is 0.491 e. The van der Waals surface area contributed by atoms with Gasteiger partial charge in [0.2, 0.25) is 0 Å². The van der Waals surface area contributed by atoms with E-state index in [1.54, 1.807) is 18.2 Å². The van der Waals surface area contributed by atoms with Crippen LogP contribution in [0.5, 0.6) is 23.1 Å². The van der Waals surface area contributed by atoms with E-state index in [0.717, 1.165) is 0 Å². The van der Waals surface area contributed by atoms with E-state index in [1.165, 1.54) is 56.8 Å². The Morgan fingerprint density at radius 2 is 1.53 bits per heavy atom. The maximum Gasteiger partial charge on any atom is 0.257 e. The standard InChI is InChI=1S/C29H24F2N2O5/c1-36-24-16-21-27(33-28(24)37-2)23(9-12-32-21)38-22-8-5-18(13-20(22)31)15-26(35)29(10-11-29)25(34)14-17-3-6-19(30)7-4-17/h3-9,12-13,16H,10-11,14-15H2,1-2H3. The zero-order valence-electron chi connectivity index (χ0n) is 20.8. The molecule has 0 atom stereocenters. The Labute approximate surface area is 217 Å². The van der Waals surface area contributed by atoms with E-state index in [2.05, 4.69) is 9.97 Å². The number of hydrogen-bond acceptors (Lipinski definition) is 7. The first-order valence-corrected chi connectivity index (χ1v) is 12.0. The Kier molecular flexibility index (Phi) is 6.75. The number of carbonyl (C=O) groups excluding carboxylic acids is 2. The molecule has 7 nitrogen and oxygen atoms in total. The second-order valence-corrected chi connectivity index (χ2v) is 9.15. The van der Waals surface area contributed by atoms with Crippen molar-refractivity contribution < 1.29 is 32.6 Å². The third kappa shape index (κ3) is 4.91. The van der Waals surface area contributed by atoms with E-state index in [-0.39, 0.29) is 47.6 Å². The van der Waals surface area contributed by atoms with Crippen molar-refractivity contribution in [1.29, 1.82) is 0 Å². The van der Waals surface area contributed by atoms with Gasteiger partial charge in [0.25, 0.3) is 5.88 Å². The number of fused-ring (bicyclic) bond motifs is 1. The van der Waals surface area contributed by atoms with Gasteiger partial charge in [-0.1, -0.05) is 18.2 Å². The maximum atomic E-state index is 15.0.